The molecule has 1 aromatic heterocycles. The Balaban J connectivity index is 2.76. The molecule has 1 aromatic rings. The van der Waals surface area contributed by atoms with Crippen molar-refractivity contribution >= 4 is 11.6 Å². The average molecular weight is 261 g/mol. The number of azide groups is 1. The predicted molar refractivity (Wildman–Crippen MR) is 58.8 cm³/mol. The third kappa shape index (κ3) is 3.83. The minimum absolute atomic E-state index is 0.00431. The summed E-state index contributed by atoms with van der Waals surface area (Å²) in [6.45, 7) is 0.00431. The molecule has 2 N–H and O–H groups in total. The van der Waals surface area contributed by atoms with E-state index in [0.29, 0.717) is 0 Å². The minimum atomic E-state index is -1.46. The molecule has 0 aliphatic carbocycles. The van der Waals surface area contributed by atoms with Crippen molar-refractivity contribution in [2.24, 2.45) is 5.11 Å². The Morgan fingerprint density at radius 2 is 2.29 bits per heavy atom. The maximum absolute atomic E-state index is 13.2. The van der Waals surface area contributed by atoms with E-state index in [1.54, 1.807) is 0 Å². The third-order valence-electron chi connectivity index (χ3n) is 2.10. The van der Waals surface area contributed by atoms with Gasteiger partial charge in [0.05, 0.1) is 11.1 Å². The number of rotatable bonds is 5. The molecule has 0 aromatic carbocycles. The van der Waals surface area contributed by atoms with E-state index in [2.05, 4.69) is 15.0 Å². The van der Waals surface area contributed by atoms with Crippen LogP contribution in [0.4, 0.5) is 4.39 Å². The van der Waals surface area contributed by atoms with Crippen LogP contribution in [0.1, 0.15) is 18.1 Å². The zero-order valence-electron chi connectivity index (χ0n) is 8.66. The van der Waals surface area contributed by atoms with Crippen LogP contribution in [0.2, 0.25) is 5.02 Å². The summed E-state index contributed by atoms with van der Waals surface area (Å²) >= 11 is 5.60. The van der Waals surface area contributed by atoms with E-state index in [1.165, 1.54) is 6.07 Å². The zero-order chi connectivity index (χ0) is 12.8. The van der Waals surface area contributed by atoms with E-state index in [9.17, 15) is 14.6 Å². The second-order valence-corrected chi connectivity index (χ2v) is 3.73. The van der Waals surface area contributed by atoms with Crippen molar-refractivity contribution in [1.29, 1.82) is 0 Å². The summed E-state index contributed by atoms with van der Waals surface area (Å²) in [4.78, 5) is 5.82. The van der Waals surface area contributed by atoms with Gasteiger partial charge in [-0.1, -0.05) is 16.7 Å². The van der Waals surface area contributed by atoms with Crippen molar-refractivity contribution in [1.82, 2.24) is 4.98 Å². The molecule has 0 saturated carbocycles. The van der Waals surface area contributed by atoms with E-state index >= 15 is 0 Å². The van der Waals surface area contributed by atoms with Gasteiger partial charge in [-0.15, -0.1) is 0 Å². The average Bonchev–Trinajstić information content (AvgIpc) is 2.31. The molecule has 1 rings (SSSR count). The number of pyridine rings is 1. The van der Waals surface area contributed by atoms with Crippen molar-refractivity contribution in [2.45, 2.75) is 18.6 Å². The molecule has 0 amide bonds. The Morgan fingerprint density at radius 1 is 1.59 bits per heavy atom. The van der Waals surface area contributed by atoms with Crippen LogP contribution in [0, 0.1) is 5.95 Å². The summed E-state index contributed by atoms with van der Waals surface area (Å²) in [7, 11) is 0. The Morgan fingerprint density at radius 3 is 2.94 bits per heavy atom. The smallest absolute Gasteiger partial charge is 0.218 e. The zero-order valence-corrected chi connectivity index (χ0v) is 9.42. The number of aliphatic hydroxyl groups excluding tert-OH is 2. The monoisotopic (exact) mass is 260 g/mol. The summed E-state index contributed by atoms with van der Waals surface area (Å²) in [6.07, 6.45) is -1.61. The van der Waals surface area contributed by atoms with E-state index < -0.39 is 18.2 Å². The minimum Gasteiger partial charge on any atom is -0.390 e. The second kappa shape index (κ2) is 6.36. The standard InChI is InChI=1S/C9H10ClFN4O2/c10-5-3-6(9(11)13-4-5)8(17)7(16)1-2-14-15-12/h3-4,7-8,16-17H,1-2H2. The summed E-state index contributed by atoms with van der Waals surface area (Å²) in [6, 6.07) is 1.19. The van der Waals surface area contributed by atoms with Crippen LogP contribution in [0.5, 0.6) is 0 Å². The molecule has 0 fully saturated rings. The van der Waals surface area contributed by atoms with Gasteiger partial charge < -0.3 is 10.2 Å². The summed E-state index contributed by atoms with van der Waals surface area (Å²) < 4.78 is 13.2. The van der Waals surface area contributed by atoms with Gasteiger partial charge in [0.15, 0.2) is 0 Å². The molecule has 0 aliphatic heterocycles. The Labute approximate surface area is 101 Å². The molecule has 0 spiro atoms. The van der Waals surface area contributed by atoms with E-state index in [1.807, 2.05) is 0 Å². The lowest BCUT2D eigenvalue weighted by Gasteiger charge is -2.17. The number of hydrogen-bond acceptors (Lipinski definition) is 4. The maximum Gasteiger partial charge on any atom is 0.218 e. The molecular weight excluding hydrogens is 251 g/mol. The highest BCUT2D eigenvalue weighted by Crippen LogP contribution is 2.23. The second-order valence-electron chi connectivity index (χ2n) is 3.29. The topological polar surface area (TPSA) is 102 Å². The van der Waals surface area contributed by atoms with Crippen LogP contribution in [0.15, 0.2) is 17.4 Å². The quantitative estimate of drug-likeness (QED) is 0.366. The van der Waals surface area contributed by atoms with Gasteiger partial charge in [-0.2, -0.15) is 4.39 Å². The van der Waals surface area contributed by atoms with Crippen LogP contribution in [-0.4, -0.2) is 27.8 Å². The number of nitrogens with zero attached hydrogens (tertiary/aromatic N) is 4. The molecule has 2 unspecified atom stereocenters. The summed E-state index contributed by atoms with van der Waals surface area (Å²) in [5.41, 5.74) is 7.85. The molecule has 17 heavy (non-hydrogen) atoms. The SMILES string of the molecule is [N-]=[N+]=NCCC(O)C(O)c1cc(Cl)cnc1F. The van der Waals surface area contributed by atoms with Crippen molar-refractivity contribution in [3.05, 3.63) is 39.2 Å². The van der Waals surface area contributed by atoms with Gasteiger partial charge >= 0.3 is 0 Å². The molecule has 0 aliphatic rings. The van der Waals surface area contributed by atoms with Crippen LogP contribution >= 0.6 is 11.6 Å². The fourth-order valence-corrected chi connectivity index (χ4v) is 1.41. The van der Waals surface area contributed by atoms with Crippen molar-refractivity contribution in [3.8, 4) is 0 Å². The molecule has 0 saturated heterocycles. The molecular formula is C9H10ClFN4O2. The van der Waals surface area contributed by atoms with Crippen LogP contribution in [0.25, 0.3) is 10.4 Å². The van der Waals surface area contributed by atoms with E-state index in [4.69, 9.17) is 17.1 Å². The molecule has 0 radical (unpaired) electrons. The first-order valence-electron chi connectivity index (χ1n) is 4.74. The van der Waals surface area contributed by atoms with Gasteiger partial charge in [-0.05, 0) is 18.0 Å². The Bertz CT molecular complexity index is 439. The summed E-state index contributed by atoms with van der Waals surface area (Å²) in [5.74, 6) is -0.898. The van der Waals surface area contributed by atoms with Gasteiger partial charge in [-0.25, -0.2) is 4.98 Å². The van der Waals surface area contributed by atoms with Crippen LogP contribution in [-0.2, 0) is 0 Å². The normalized spacial score (nSPS) is 13.9. The molecule has 92 valence electrons. The van der Waals surface area contributed by atoms with Gasteiger partial charge in [0.2, 0.25) is 5.95 Å². The highest BCUT2D eigenvalue weighted by Gasteiger charge is 2.22. The van der Waals surface area contributed by atoms with Crippen LogP contribution in [0.3, 0.4) is 0 Å². The van der Waals surface area contributed by atoms with Gasteiger partial charge in [0.25, 0.3) is 0 Å². The highest BCUT2D eigenvalue weighted by molar-refractivity contribution is 6.30. The molecule has 0 bridgehead atoms. The molecule has 8 heteroatoms. The van der Waals surface area contributed by atoms with Crippen molar-refractivity contribution < 1.29 is 14.6 Å². The third-order valence-corrected chi connectivity index (χ3v) is 2.31. The van der Waals surface area contributed by atoms with E-state index in [-0.39, 0.29) is 23.6 Å². The molecule has 2 atom stereocenters. The van der Waals surface area contributed by atoms with Crippen LogP contribution < -0.4 is 0 Å². The lowest BCUT2D eigenvalue weighted by atomic mass is 10.0. The lowest BCUT2D eigenvalue weighted by molar-refractivity contribution is 0.0125. The first kappa shape index (κ1) is 13.7. The number of aliphatic hydroxyl groups is 2. The van der Waals surface area contributed by atoms with Gasteiger partial charge in [0, 0.05) is 23.2 Å². The maximum atomic E-state index is 13.2. The summed E-state index contributed by atoms with van der Waals surface area (Å²) in [5, 5.41) is 22.6. The number of aromatic nitrogens is 1. The van der Waals surface area contributed by atoms with Crippen molar-refractivity contribution in [3.63, 3.8) is 0 Å². The van der Waals surface area contributed by atoms with Gasteiger partial charge in [0.1, 0.15) is 6.10 Å². The lowest BCUT2D eigenvalue weighted by Crippen LogP contribution is -2.20. The Kier molecular flexibility index (Phi) is 5.11. The number of halogens is 2. The van der Waals surface area contributed by atoms with E-state index in [0.717, 1.165) is 6.20 Å². The van der Waals surface area contributed by atoms with Gasteiger partial charge in [-0.3, -0.25) is 0 Å². The molecule has 1 heterocycles. The highest BCUT2D eigenvalue weighted by atomic mass is 35.5. The first-order chi connectivity index (χ1) is 8.06. The fraction of sp³-hybridized carbons (Fsp3) is 0.444. The Hall–Kier alpha value is -1.40. The number of hydrogen-bond donors (Lipinski definition) is 2. The predicted octanol–water partition coefficient (Wildman–Crippen LogP) is 1.97. The molecule has 6 nitrogen and oxygen atoms in total. The largest absolute Gasteiger partial charge is 0.390 e. The van der Waals surface area contributed by atoms with Crippen molar-refractivity contribution in [2.75, 3.05) is 6.54 Å². The first-order valence-corrected chi connectivity index (χ1v) is 5.12. The fourth-order valence-electron chi connectivity index (χ4n) is 1.25.